The Hall–Kier alpha value is -1.31. The van der Waals surface area contributed by atoms with E-state index in [1.54, 1.807) is 0 Å². The van der Waals surface area contributed by atoms with E-state index in [0.717, 1.165) is 5.52 Å². The highest BCUT2D eigenvalue weighted by Gasteiger charge is 2.24. The molecule has 0 unspecified atom stereocenters. The highest BCUT2D eigenvalue weighted by Crippen LogP contribution is 2.36. The second kappa shape index (κ2) is 3.09. The molecule has 1 saturated carbocycles. The number of benzene rings is 1. The molecule has 1 aromatic heterocycles. The Morgan fingerprint density at radius 2 is 2.13 bits per heavy atom. The van der Waals surface area contributed by atoms with Gasteiger partial charge in [0.15, 0.2) is 0 Å². The summed E-state index contributed by atoms with van der Waals surface area (Å²) in [5, 5.41) is 0. The molecule has 0 spiro atoms. The van der Waals surface area contributed by atoms with Crippen molar-refractivity contribution in [3.05, 3.63) is 29.6 Å². The van der Waals surface area contributed by atoms with Crippen molar-refractivity contribution >= 4 is 11.0 Å². The number of rotatable bonds is 1. The van der Waals surface area contributed by atoms with E-state index in [1.165, 1.54) is 36.2 Å². The second-order valence-electron chi connectivity index (χ2n) is 4.65. The van der Waals surface area contributed by atoms with Crippen LogP contribution in [0.2, 0.25) is 0 Å². The van der Waals surface area contributed by atoms with E-state index in [9.17, 15) is 0 Å². The molecule has 1 aliphatic carbocycles. The first-order valence-electron chi connectivity index (χ1n) is 5.68. The minimum absolute atomic E-state index is 0.711. The molecule has 1 fully saturated rings. The number of aromatic nitrogens is 2. The molecule has 15 heavy (non-hydrogen) atoms. The van der Waals surface area contributed by atoms with E-state index in [4.69, 9.17) is 4.98 Å². The van der Waals surface area contributed by atoms with Crippen LogP contribution >= 0.6 is 0 Å². The molecule has 0 atom stereocenters. The lowest BCUT2D eigenvalue weighted by atomic mass is 9.85. The van der Waals surface area contributed by atoms with Gasteiger partial charge in [-0.2, -0.15) is 0 Å². The Bertz CT molecular complexity index is 506. The zero-order chi connectivity index (χ0) is 10.4. The summed E-state index contributed by atoms with van der Waals surface area (Å²) in [6, 6.07) is 6.52. The minimum atomic E-state index is 0.711. The molecule has 2 aromatic rings. The zero-order valence-electron chi connectivity index (χ0n) is 9.33. The zero-order valence-corrected chi connectivity index (χ0v) is 9.33. The molecule has 0 saturated heterocycles. The molecule has 1 aliphatic rings. The molecule has 78 valence electrons. The van der Waals surface area contributed by atoms with E-state index >= 15 is 0 Å². The first kappa shape index (κ1) is 8.96. The fourth-order valence-corrected chi connectivity index (χ4v) is 2.36. The molecule has 2 nitrogen and oxygen atoms in total. The minimum Gasteiger partial charge on any atom is -0.331 e. The molecular formula is C13H16N2. The van der Waals surface area contributed by atoms with E-state index in [1.807, 2.05) is 0 Å². The summed E-state index contributed by atoms with van der Waals surface area (Å²) >= 11 is 0. The van der Waals surface area contributed by atoms with E-state index < -0.39 is 0 Å². The molecule has 1 heterocycles. The highest BCUT2D eigenvalue weighted by molar-refractivity contribution is 5.76. The van der Waals surface area contributed by atoms with Gasteiger partial charge in [-0.05, 0) is 37.5 Å². The summed E-state index contributed by atoms with van der Waals surface area (Å²) in [5.41, 5.74) is 3.71. The van der Waals surface area contributed by atoms with Crippen LogP contribution in [0.3, 0.4) is 0 Å². The van der Waals surface area contributed by atoms with Crippen LogP contribution in [0.15, 0.2) is 18.2 Å². The summed E-state index contributed by atoms with van der Waals surface area (Å²) in [6.07, 6.45) is 4.00. The van der Waals surface area contributed by atoms with Gasteiger partial charge >= 0.3 is 0 Å². The molecular weight excluding hydrogens is 184 g/mol. The van der Waals surface area contributed by atoms with Gasteiger partial charge in [-0.25, -0.2) is 4.98 Å². The van der Waals surface area contributed by atoms with Crippen molar-refractivity contribution in [3.8, 4) is 0 Å². The summed E-state index contributed by atoms with van der Waals surface area (Å²) in [7, 11) is 2.14. The van der Waals surface area contributed by atoms with Crippen molar-refractivity contribution in [1.29, 1.82) is 0 Å². The third kappa shape index (κ3) is 1.28. The number of imidazole rings is 1. The number of hydrogen-bond donors (Lipinski definition) is 0. The Morgan fingerprint density at radius 1 is 1.33 bits per heavy atom. The maximum Gasteiger partial charge on any atom is 0.112 e. The lowest BCUT2D eigenvalue weighted by Crippen LogP contribution is -2.13. The van der Waals surface area contributed by atoms with E-state index in [0.29, 0.717) is 5.92 Å². The van der Waals surface area contributed by atoms with Gasteiger partial charge in [-0.3, -0.25) is 0 Å². The third-order valence-corrected chi connectivity index (χ3v) is 3.54. The van der Waals surface area contributed by atoms with Crippen molar-refractivity contribution < 1.29 is 0 Å². The molecule has 0 bridgehead atoms. The molecule has 3 rings (SSSR count). The van der Waals surface area contributed by atoms with Gasteiger partial charge in [-0.1, -0.05) is 12.5 Å². The van der Waals surface area contributed by atoms with E-state index in [-0.39, 0.29) is 0 Å². The fraction of sp³-hybridized carbons (Fsp3) is 0.462. The maximum atomic E-state index is 4.76. The molecule has 0 radical (unpaired) electrons. The molecule has 2 heteroatoms. The van der Waals surface area contributed by atoms with Gasteiger partial charge in [0.2, 0.25) is 0 Å². The van der Waals surface area contributed by atoms with E-state index in [2.05, 4.69) is 36.7 Å². The van der Waals surface area contributed by atoms with Crippen LogP contribution in [0.5, 0.6) is 0 Å². The standard InChI is InChI=1S/C13H16N2/c1-9-6-7-12-11(8-9)14-13(15(12)2)10-4-3-5-10/h6-8,10H,3-5H2,1-2H3. The van der Waals surface area contributed by atoms with Crippen molar-refractivity contribution in [2.45, 2.75) is 32.1 Å². The first-order valence-corrected chi connectivity index (χ1v) is 5.68. The second-order valence-corrected chi connectivity index (χ2v) is 4.65. The monoisotopic (exact) mass is 200 g/mol. The van der Waals surface area contributed by atoms with Crippen LogP contribution in [0.1, 0.15) is 36.6 Å². The van der Waals surface area contributed by atoms with Gasteiger partial charge < -0.3 is 4.57 Å². The van der Waals surface area contributed by atoms with Gasteiger partial charge in [0.25, 0.3) is 0 Å². The SMILES string of the molecule is Cc1ccc2c(c1)nc(C1CCC1)n2C. The van der Waals surface area contributed by atoms with Crippen molar-refractivity contribution in [1.82, 2.24) is 9.55 Å². The van der Waals surface area contributed by atoms with Crippen molar-refractivity contribution in [3.63, 3.8) is 0 Å². The maximum absolute atomic E-state index is 4.76. The predicted molar refractivity (Wildman–Crippen MR) is 62.0 cm³/mol. The summed E-state index contributed by atoms with van der Waals surface area (Å²) < 4.78 is 2.26. The Balaban J connectivity index is 2.19. The summed E-state index contributed by atoms with van der Waals surface area (Å²) in [5.74, 6) is 1.99. The molecule has 0 aliphatic heterocycles. The summed E-state index contributed by atoms with van der Waals surface area (Å²) in [6.45, 7) is 2.12. The number of hydrogen-bond acceptors (Lipinski definition) is 1. The van der Waals surface area contributed by atoms with Crippen LogP contribution < -0.4 is 0 Å². The van der Waals surface area contributed by atoms with Crippen molar-refractivity contribution in [2.75, 3.05) is 0 Å². The van der Waals surface area contributed by atoms with Gasteiger partial charge in [0.05, 0.1) is 11.0 Å². The van der Waals surface area contributed by atoms with Crippen LogP contribution in [0, 0.1) is 6.92 Å². The predicted octanol–water partition coefficient (Wildman–Crippen LogP) is 3.15. The Morgan fingerprint density at radius 3 is 2.80 bits per heavy atom. The van der Waals surface area contributed by atoms with Gasteiger partial charge in [-0.15, -0.1) is 0 Å². The topological polar surface area (TPSA) is 17.8 Å². The molecule has 1 aromatic carbocycles. The van der Waals surface area contributed by atoms with Gasteiger partial charge in [0.1, 0.15) is 5.82 Å². The lowest BCUT2D eigenvalue weighted by molar-refractivity contribution is 0.395. The highest BCUT2D eigenvalue weighted by atomic mass is 15.1. The molecule has 0 amide bonds. The average Bonchev–Trinajstić information content (AvgIpc) is 2.41. The fourth-order valence-electron chi connectivity index (χ4n) is 2.36. The number of nitrogens with zero attached hydrogens (tertiary/aromatic N) is 2. The van der Waals surface area contributed by atoms with Crippen LogP contribution in [0.4, 0.5) is 0 Å². The largest absolute Gasteiger partial charge is 0.331 e. The quantitative estimate of drug-likeness (QED) is 0.691. The smallest absolute Gasteiger partial charge is 0.112 e. The Kier molecular flexibility index (Phi) is 1.84. The van der Waals surface area contributed by atoms with Crippen LogP contribution in [-0.4, -0.2) is 9.55 Å². The molecule has 0 N–H and O–H groups in total. The van der Waals surface area contributed by atoms with Crippen LogP contribution in [0.25, 0.3) is 11.0 Å². The number of aryl methyl sites for hydroxylation is 2. The normalized spacial score (nSPS) is 16.9. The van der Waals surface area contributed by atoms with Crippen LogP contribution in [-0.2, 0) is 7.05 Å². The lowest BCUT2D eigenvalue weighted by Gasteiger charge is -2.24. The number of fused-ring (bicyclic) bond motifs is 1. The van der Waals surface area contributed by atoms with Gasteiger partial charge in [0, 0.05) is 13.0 Å². The van der Waals surface area contributed by atoms with Crippen molar-refractivity contribution in [2.24, 2.45) is 7.05 Å². The average molecular weight is 200 g/mol. The summed E-state index contributed by atoms with van der Waals surface area (Å²) in [4.78, 5) is 4.76. The third-order valence-electron chi connectivity index (χ3n) is 3.54. The Labute approximate surface area is 89.9 Å². The first-order chi connectivity index (χ1) is 7.25.